The second-order valence-electron chi connectivity index (χ2n) is 5.11. The fourth-order valence-corrected chi connectivity index (χ4v) is 2.18. The number of hydrogen-bond acceptors (Lipinski definition) is 5. The summed E-state index contributed by atoms with van der Waals surface area (Å²) >= 11 is 0. The maximum absolute atomic E-state index is 5.43. The van der Waals surface area contributed by atoms with Crippen molar-refractivity contribution in [1.82, 2.24) is 15.3 Å². The van der Waals surface area contributed by atoms with Crippen molar-refractivity contribution in [2.24, 2.45) is 0 Å². The highest BCUT2D eigenvalue weighted by molar-refractivity contribution is 5.34. The van der Waals surface area contributed by atoms with E-state index in [1.165, 1.54) is 12.8 Å². The average Bonchev–Trinajstić information content (AvgIpc) is 3.20. The standard InChI is InChI=1S/C15H20N4O/c1-2-16-8-12-9-17-15(18-10-12)19(13-5-6-13)11-14-4-3-7-20-14/h3-4,7,9-10,13,16H,2,5-6,8,11H2,1H3. The Kier molecular flexibility index (Phi) is 3.97. The Morgan fingerprint density at radius 2 is 2.15 bits per heavy atom. The molecule has 2 aromatic heterocycles. The predicted octanol–water partition coefficient (Wildman–Crippen LogP) is 2.35. The van der Waals surface area contributed by atoms with E-state index < -0.39 is 0 Å². The number of furan rings is 1. The van der Waals surface area contributed by atoms with Crippen molar-refractivity contribution in [3.8, 4) is 0 Å². The summed E-state index contributed by atoms with van der Waals surface area (Å²) in [7, 11) is 0. The van der Waals surface area contributed by atoms with Crippen LogP contribution in [0.4, 0.5) is 5.95 Å². The van der Waals surface area contributed by atoms with Gasteiger partial charge in [-0.3, -0.25) is 0 Å². The van der Waals surface area contributed by atoms with Gasteiger partial charge in [-0.1, -0.05) is 6.92 Å². The Hall–Kier alpha value is -1.88. The summed E-state index contributed by atoms with van der Waals surface area (Å²) in [6, 6.07) is 4.47. The molecule has 0 saturated heterocycles. The third-order valence-electron chi connectivity index (χ3n) is 3.42. The van der Waals surface area contributed by atoms with Crippen molar-refractivity contribution in [3.05, 3.63) is 42.1 Å². The minimum absolute atomic E-state index is 0.555. The van der Waals surface area contributed by atoms with Gasteiger partial charge < -0.3 is 14.6 Å². The Morgan fingerprint density at radius 3 is 2.75 bits per heavy atom. The van der Waals surface area contributed by atoms with Gasteiger partial charge in [0.05, 0.1) is 12.8 Å². The third-order valence-corrected chi connectivity index (χ3v) is 3.42. The van der Waals surface area contributed by atoms with Gasteiger partial charge >= 0.3 is 0 Å². The predicted molar refractivity (Wildman–Crippen MR) is 77.3 cm³/mol. The molecule has 1 aliphatic carbocycles. The van der Waals surface area contributed by atoms with E-state index >= 15 is 0 Å². The van der Waals surface area contributed by atoms with E-state index in [-0.39, 0.29) is 0 Å². The second-order valence-corrected chi connectivity index (χ2v) is 5.11. The molecule has 0 aromatic carbocycles. The van der Waals surface area contributed by atoms with Crippen LogP contribution in [0, 0.1) is 0 Å². The van der Waals surface area contributed by atoms with Crippen LogP contribution >= 0.6 is 0 Å². The van der Waals surface area contributed by atoms with Gasteiger partial charge in [0.25, 0.3) is 0 Å². The normalized spacial score (nSPS) is 14.4. The fraction of sp³-hybridized carbons (Fsp3) is 0.467. The van der Waals surface area contributed by atoms with Crippen LogP contribution < -0.4 is 10.2 Å². The van der Waals surface area contributed by atoms with E-state index in [4.69, 9.17) is 4.42 Å². The zero-order valence-corrected chi connectivity index (χ0v) is 11.7. The van der Waals surface area contributed by atoms with Crippen molar-refractivity contribution >= 4 is 5.95 Å². The average molecular weight is 272 g/mol. The summed E-state index contributed by atoms with van der Waals surface area (Å²) in [5, 5.41) is 3.28. The highest BCUT2D eigenvalue weighted by Crippen LogP contribution is 2.31. The second kappa shape index (κ2) is 6.05. The molecule has 0 unspecified atom stereocenters. The summed E-state index contributed by atoms with van der Waals surface area (Å²) in [6.07, 6.45) is 7.94. The smallest absolute Gasteiger partial charge is 0.225 e. The molecule has 1 N–H and O–H groups in total. The van der Waals surface area contributed by atoms with Gasteiger partial charge in [0.2, 0.25) is 5.95 Å². The molecule has 3 rings (SSSR count). The van der Waals surface area contributed by atoms with Gasteiger partial charge in [-0.05, 0) is 31.5 Å². The zero-order valence-electron chi connectivity index (χ0n) is 11.7. The first kappa shape index (κ1) is 13.1. The lowest BCUT2D eigenvalue weighted by molar-refractivity contribution is 0.499. The maximum atomic E-state index is 5.43. The third kappa shape index (κ3) is 3.17. The van der Waals surface area contributed by atoms with Gasteiger partial charge in [-0.15, -0.1) is 0 Å². The molecule has 0 spiro atoms. The lowest BCUT2D eigenvalue weighted by Crippen LogP contribution is -2.27. The number of rotatable bonds is 7. The van der Waals surface area contributed by atoms with Crippen LogP contribution in [0.25, 0.3) is 0 Å². The van der Waals surface area contributed by atoms with Crippen LogP contribution in [0.3, 0.4) is 0 Å². The number of nitrogens with zero attached hydrogens (tertiary/aromatic N) is 3. The molecule has 5 heteroatoms. The number of aromatic nitrogens is 2. The molecule has 2 aromatic rings. The number of hydrogen-bond donors (Lipinski definition) is 1. The van der Waals surface area contributed by atoms with Crippen LogP contribution in [0.5, 0.6) is 0 Å². The zero-order chi connectivity index (χ0) is 13.8. The molecule has 106 valence electrons. The SMILES string of the molecule is CCNCc1cnc(N(Cc2ccco2)C2CC2)nc1. The topological polar surface area (TPSA) is 54.2 Å². The first-order valence-corrected chi connectivity index (χ1v) is 7.17. The van der Waals surface area contributed by atoms with Crippen LogP contribution in [0.1, 0.15) is 31.1 Å². The molecule has 1 fully saturated rings. The Labute approximate surface area is 119 Å². The Balaban J connectivity index is 1.70. The molecule has 1 aliphatic rings. The minimum atomic E-state index is 0.555. The van der Waals surface area contributed by atoms with E-state index in [0.717, 1.165) is 36.9 Å². The van der Waals surface area contributed by atoms with Crippen molar-refractivity contribution in [2.75, 3.05) is 11.4 Å². The van der Waals surface area contributed by atoms with Crippen molar-refractivity contribution in [1.29, 1.82) is 0 Å². The molecule has 5 nitrogen and oxygen atoms in total. The summed E-state index contributed by atoms with van der Waals surface area (Å²) in [4.78, 5) is 11.2. The highest BCUT2D eigenvalue weighted by atomic mass is 16.3. The van der Waals surface area contributed by atoms with Crippen molar-refractivity contribution in [2.45, 2.75) is 38.9 Å². The van der Waals surface area contributed by atoms with Crippen LogP contribution in [0.15, 0.2) is 35.2 Å². The summed E-state index contributed by atoms with van der Waals surface area (Å²) in [5.41, 5.74) is 1.12. The molecule has 0 atom stereocenters. The maximum Gasteiger partial charge on any atom is 0.225 e. The lowest BCUT2D eigenvalue weighted by atomic mass is 10.3. The number of anilines is 1. The van der Waals surface area contributed by atoms with E-state index in [9.17, 15) is 0 Å². The first-order chi connectivity index (χ1) is 9.86. The van der Waals surface area contributed by atoms with Crippen LogP contribution in [-0.4, -0.2) is 22.6 Å². The molecule has 0 bridgehead atoms. The van der Waals surface area contributed by atoms with Gasteiger partial charge in [-0.25, -0.2) is 9.97 Å². The van der Waals surface area contributed by atoms with Crippen LogP contribution in [-0.2, 0) is 13.1 Å². The monoisotopic (exact) mass is 272 g/mol. The molecule has 2 heterocycles. The summed E-state index contributed by atoms with van der Waals surface area (Å²) in [5.74, 6) is 1.75. The van der Waals surface area contributed by atoms with E-state index in [1.807, 2.05) is 24.5 Å². The Morgan fingerprint density at radius 1 is 1.35 bits per heavy atom. The molecule has 0 aliphatic heterocycles. The van der Waals surface area contributed by atoms with Crippen molar-refractivity contribution in [3.63, 3.8) is 0 Å². The van der Waals surface area contributed by atoms with Crippen molar-refractivity contribution < 1.29 is 4.42 Å². The Bertz CT molecular complexity index is 519. The van der Waals surface area contributed by atoms with Crippen LogP contribution in [0.2, 0.25) is 0 Å². The van der Waals surface area contributed by atoms with Gasteiger partial charge in [0, 0.05) is 30.5 Å². The molecule has 0 radical (unpaired) electrons. The quantitative estimate of drug-likeness (QED) is 0.838. The van der Waals surface area contributed by atoms with Gasteiger partial charge in [-0.2, -0.15) is 0 Å². The van der Waals surface area contributed by atoms with E-state index in [0.29, 0.717) is 6.04 Å². The highest BCUT2D eigenvalue weighted by Gasteiger charge is 2.31. The largest absolute Gasteiger partial charge is 0.467 e. The molecular weight excluding hydrogens is 252 g/mol. The fourth-order valence-electron chi connectivity index (χ4n) is 2.18. The molecular formula is C15H20N4O. The first-order valence-electron chi connectivity index (χ1n) is 7.17. The van der Waals surface area contributed by atoms with E-state index in [2.05, 4.69) is 27.1 Å². The lowest BCUT2D eigenvalue weighted by Gasteiger charge is -2.21. The number of nitrogens with one attached hydrogen (secondary N) is 1. The minimum Gasteiger partial charge on any atom is -0.467 e. The van der Waals surface area contributed by atoms with Gasteiger partial charge in [0.15, 0.2) is 0 Å². The van der Waals surface area contributed by atoms with E-state index in [1.54, 1.807) is 6.26 Å². The molecule has 1 saturated carbocycles. The molecule has 20 heavy (non-hydrogen) atoms. The summed E-state index contributed by atoms with van der Waals surface area (Å²) < 4.78 is 5.43. The molecule has 0 amide bonds. The summed E-state index contributed by atoms with van der Waals surface area (Å²) in [6.45, 7) is 4.60. The van der Waals surface area contributed by atoms with Gasteiger partial charge in [0.1, 0.15) is 5.76 Å².